The third kappa shape index (κ3) is 2.49. The van der Waals surface area contributed by atoms with Crippen molar-refractivity contribution in [2.24, 2.45) is 7.05 Å². The Labute approximate surface area is 143 Å². The van der Waals surface area contributed by atoms with E-state index in [0.717, 1.165) is 28.1 Å². The topological polar surface area (TPSA) is 59.8 Å². The molecule has 2 aromatic heterocycles. The zero-order valence-electron chi connectivity index (χ0n) is 12.8. The molecule has 4 rings (SSSR count). The molecule has 5 nitrogen and oxygen atoms in total. The second-order valence-corrected chi connectivity index (χ2v) is 5.98. The normalized spacial score (nSPS) is 14.8. The Balaban J connectivity index is 1.85. The Morgan fingerprint density at radius 3 is 2.79 bits per heavy atom. The van der Waals surface area contributed by atoms with Crippen molar-refractivity contribution in [3.8, 4) is 11.3 Å². The highest BCUT2D eigenvalue weighted by atomic mass is 35.5. The molecule has 0 radical (unpaired) electrons. The molecule has 0 unspecified atom stereocenters. The van der Waals surface area contributed by atoms with E-state index in [-0.39, 0.29) is 5.91 Å². The van der Waals surface area contributed by atoms with Crippen LogP contribution in [0.4, 0.5) is 5.69 Å². The van der Waals surface area contributed by atoms with Gasteiger partial charge in [0.1, 0.15) is 0 Å². The fraction of sp³-hybridized carbons (Fsp3) is 0.0556. The molecule has 1 aromatic carbocycles. The van der Waals surface area contributed by atoms with Gasteiger partial charge in [0.05, 0.1) is 11.4 Å². The number of nitrogens with zero attached hydrogens (tertiary/aromatic N) is 3. The average molecular weight is 337 g/mol. The summed E-state index contributed by atoms with van der Waals surface area (Å²) in [5.74, 6) is -0.142. The number of carbonyl (C=O) groups excluding carboxylic acids is 1. The molecule has 6 heteroatoms. The van der Waals surface area contributed by atoms with Crippen LogP contribution in [-0.4, -0.2) is 20.7 Å². The standard InChI is InChI=1S/C18H13ClN4O/c1-23-10-12(17(22-23)11-4-6-20-7-5-11)8-15-14-3-2-13(19)9-16(14)21-18(15)24/h2-10H,1H3,(H,21,24)/b15-8-. The van der Waals surface area contributed by atoms with E-state index in [2.05, 4.69) is 15.4 Å². The summed E-state index contributed by atoms with van der Waals surface area (Å²) in [5, 5.41) is 7.95. The van der Waals surface area contributed by atoms with Crippen molar-refractivity contribution >= 4 is 34.8 Å². The van der Waals surface area contributed by atoms with Crippen molar-refractivity contribution in [3.05, 3.63) is 65.1 Å². The first-order valence-electron chi connectivity index (χ1n) is 7.39. The van der Waals surface area contributed by atoms with E-state index in [1.807, 2.05) is 37.5 Å². The fourth-order valence-electron chi connectivity index (χ4n) is 2.81. The van der Waals surface area contributed by atoms with E-state index in [9.17, 15) is 4.79 Å². The van der Waals surface area contributed by atoms with Gasteiger partial charge in [0.2, 0.25) is 0 Å². The first-order valence-corrected chi connectivity index (χ1v) is 7.76. The van der Waals surface area contributed by atoms with Crippen molar-refractivity contribution in [2.45, 2.75) is 0 Å². The van der Waals surface area contributed by atoms with Crippen LogP contribution in [0.3, 0.4) is 0 Å². The monoisotopic (exact) mass is 336 g/mol. The van der Waals surface area contributed by atoms with Crippen LogP contribution < -0.4 is 5.32 Å². The predicted molar refractivity (Wildman–Crippen MR) is 94.4 cm³/mol. The van der Waals surface area contributed by atoms with Crippen LogP contribution in [0, 0.1) is 0 Å². The molecule has 0 saturated heterocycles. The molecule has 1 aliphatic rings. The third-order valence-electron chi connectivity index (χ3n) is 3.88. The van der Waals surface area contributed by atoms with E-state index in [4.69, 9.17) is 11.6 Å². The van der Waals surface area contributed by atoms with Crippen LogP contribution in [0.2, 0.25) is 5.02 Å². The molecule has 0 bridgehead atoms. The number of hydrogen-bond acceptors (Lipinski definition) is 3. The number of benzene rings is 1. The minimum absolute atomic E-state index is 0.142. The van der Waals surface area contributed by atoms with Crippen LogP contribution in [-0.2, 0) is 11.8 Å². The number of fused-ring (bicyclic) bond motifs is 1. The number of amides is 1. The molecule has 1 N–H and O–H groups in total. The summed E-state index contributed by atoms with van der Waals surface area (Å²) < 4.78 is 1.73. The maximum Gasteiger partial charge on any atom is 0.256 e. The molecule has 0 saturated carbocycles. The molecule has 0 fully saturated rings. The number of anilines is 1. The number of aryl methyl sites for hydroxylation is 1. The number of halogens is 1. The molecule has 24 heavy (non-hydrogen) atoms. The van der Waals surface area contributed by atoms with Crippen LogP contribution in [0.1, 0.15) is 11.1 Å². The molecule has 0 spiro atoms. The summed E-state index contributed by atoms with van der Waals surface area (Å²) in [4.78, 5) is 16.4. The van der Waals surface area contributed by atoms with Crippen LogP contribution in [0.15, 0.2) is 48.9 Å². The number of aromatic nitrogens is 3. The summed E-state index contributed by atoms with van der Waals surface area (Å²) in [6.07, 6.45) is 7.20. The lowest BCUT2D eigenvalue weighted by Crippen LogP contribution is -2.03. The molecule has 1 amide bonds. The molecule has 1 aliphatic heterocycles. The van der Waals surface area contributed by atoms with E-state index < -0.39 is 0 Å². The smallest absolute Gasteiger partial charge is 0.256 e. The summed E-state index contributed by atoms with van der Waals surface area (Å²) in [5.41, 5.74) is 4.80. The van der Waals surface area contributed by atoms with Gasteiger partial charge in [-0.1, -0.05) is 17.7 Å². The Morgan fingerprint density at radius 1 is 1.21 bits per heavy atom. The van der Waals surface area contributed by atoms with Gasteiger partial charge >= 0.3 is 0 Å². The second kappa shape index (κ2) is 5.62. The van der Waals surface area contributed by atoms with Gasteiger partial charge in [-0.3, -0.25) is 14.5 Å². The maximum atomic E-state index is 12.3. The average Bonchev–Trinajstić information content (AvgIpc) is 3.08. The van der Waals surface area contributed by atoms with Crippen LogP contribution >= 0.6 is 11.6 Å². The summed E-state index contributed by atoms with van der Waals surface area (Å²) in [6.45, 7) is 0. The lowest BCUT2D eigenvalue weighted by molar-refractivity contribution is -0.110. The minimum atomic E-state index is -0.142. The number of rotatable bonds is 2. The summed E-state index contributed by atoms with van der Waals surface area (Å²) in [6, 6.07) is 9.17. The Bertz CT molecular complexity index is 976. The predicted octanol–water partition coefficient (Wildman–Crippen LogP) is 3.63. The Kier molecular flexibility index (Phi) is 3.43. The molecular formula is C18H13ClN4O. The summed E-state index contributed by atoms with van der Waals surface area (Å²) >= 11 is 6.00. The van der Waals surface area contributed by atoms with Crippen molar-refractivity contribution in [1.82, 2.24) is 14.8 Å². The highest BCUT2D eigenvalue weighted by molar-refractivity contribution is 6.36. The number of nitrogens with one attached hydrogen (secondary N) is 1. The van der Waals surface area contributed by atoms with Gasteiger partial charge in [-0.15, -0.1) is 0 Å². The number of carbonyl (C=O) groups is 1. The highest BCUT2D eigenvalue weighted by Crippen LogP contribution is 2.36. The van der Waals surface area contributed by atoms with Crippen LogP contribution in [0.5, 0.6) is 0 Å². The first-order chi connectivity index (χ1) is 11.6. The summed E-state index contributed by atoms with van der Waals surface area (Å²) in [7, 11) is 1.86. The van der Waals surface area contributed by atoms with Gasteiger partial charge in [0, 0.05) is 52.9 Å². The Hall–Kier alpha value is -2.92. The largest absolute Gasteiger partial charge is 0.321 e. The van der Waals surface area contributed by atoms with E-state index in [1.54, 1.807) is 29.2 Å². The zero-order valence-corrected chi connectivity index (χ0v) is 13.6. The van der Waals surface area contributed by atoms with Crippen molar-refractivity contribution in [3.63, 3.8) is 0 Å². The van der Waals surface area contributed by atoms with Gasteiger partial charge in [0.25, 0.3) is 5.91 Å². The quantitative estimate of drug-likeness (QED) is 0.727. The first kappa shape index (κ1) is 14.7. The van der Waals surface area contributed by atoms with Crippen LogP contribution in [0.25, 0.3) is 22.9 Å². The zero-order chi connectivity index (χ0) is 16.7. The molecular weight excluding hydrogens is 324 g/mol. The number of hydrogen-bond donors (Lipinski definition) is 1. The highest BCUT2D eigenvalue weighted by Gasteiger charge is 2.25. The van der Waals surface area contributed by atoms with Gasteiger partial charge < -0.3 is 5.32 Å². The lowest BCUT2D eigenvalue weighted by Gasteiger charge is -2.00. The maximum absolute atomic E-state index is 12.3. The van der Waals surface area contributed by atoms with E-state index >= 15 is 0 Å². The molecule has 118 valence electrons. The van der Waals surface area contributed by atoms with Gasteiger partial charge in [0.15, 0.2) is 0 Å². The lowest BCUT2D eigenvalue weighted by atomic mass is 10.0. The SMILES string of the molecule is Cn1cc(/C=C2\C(=O)Nc3cc(Cl)ccc32)c(-c2ccncc2)n1. The third-order valence-corrected chi connectivity index (χ3v) is 4.11. The van der Waals surface area contributed by atoms with E-state index in [1.165, 1.54) is 0 Å². The van der Waals surface area contributed by atoms with E-state index in [0.29, 0.717) is 10.6 Å². The molecule has 0 aliphatic carbocycles. The molecule has 3 aromatic rings. The van der Waals surface area contributed by atoms with Crippen molar-refractivity contribution in [1.29, 1.82) is 0 Å². The fourth-order valence-corrected chi connectivity index (χ4v) is 2.98. The molecule has 3 heterocycles. The van der Waals surface area contributed by atoms with Gasteiger partial charge in [-0.05, 0) is 30.3 Å². The molecule has 0 atom stereocenters. The minimum Gasteiger partial charge on any atom is -0.321 e. The Morgan fingerprint density at radius 2 is 2.00 bits per heavy atom. The number of pyridine rings is 1. The van der Waals surface area contributed by atoms with Gasteiger partial charge in [-0.25, -0.2) is 0 Å². The second-order valence-electron chi connectivity index (χ2n) is 5.54. The van der Waals surface area contributed by atoms with Crippen molar-refractivity contribution < 1.29 is 4.79 Å². The van der Waals surface area contributed by atoms with Crippen molar-refractivity contribution in [2.75, 3.05) is 5.32 Å². The van der Waals surface area contributed by atoms with Gasteiger partial charge in [-0.2, -0.15) is 5.10 Å².